The van der Waals surface area contributed by atoms with Gasteiger partial charge in [-0.3, -0.25) is 4.98 Å². The molecule has 0 N–H and O–H groups in total. The van der Waals surface area contributed by atoms with Crippen LogP contribution in [0.3, 0.4) is 0 Å². The molecule has 0 amide bonds. The zero-order valence-corrected chi connectivity index (χ0v) is 12.9. The van der Waals surface area contributed by atoms with Crippen LogP contribution in [-0.4, -0.2) is 11.0 Å². The Balaban J connectivity index is 1.87. The minimum absolute atomic E-state index is 0.228. The monoisotopic (exact) mass is 317 g/mol. The smallest absolute Gasteiger partial charge is 0.339 e. The molecule has 106 valence electrons. The van der Waals surface area contributed by atoms with Crippen LogP contribution in [0.1, 0.15) is 20.9 Å². The Labute approximate surface area is 131 Å². The number of hydrogen-bond donors (Lipinski definition) is 0. The third kappa shape index (κ3) is 3.06. The molecular weight excluding hydrogens is 306 g/mol. The fourth-order valence-electron chi connectivity index (χ4n) is 2.12. The van der Waals surface area contributed by atoms with Crippen LogP contribution in [0.4, 0.5) is 0 Å². The summed E-state index contributed by atoms with van der Waals surface area (Å²) < 4.78 is 6.06. The van der Waals surface area contributed by atoms with Gasteiger partial charge in [0.05, 0.1) is 15.4 Å². The van der Waals surface area contributed by atoms with Gasteiger partial charge in [-0.15, -0.1) is 11.3 Å². The number of aryl methyl sites for hydroxylation is 1. The third-order valence-corrected chi connectivity index (χ3v) is 4.24. The van der Waals surface area contributed by atoms with E-state index in [-0.39, 0.29) is 12.6 Å². The number of thiophene rings is 1. The summed E-state index contributed by atoms with van der Waals surface area (Å²) in [6.07, 6.45) is 0. The fraction of sp³-hybridized carbons (Fsp3) is 0.125. The summed E-state index contributed by atoms with van der Waals surface area (Å²) in [4.78, 5) is 17.6. The maximum absolute atomic E-state index is 12.3. The Hall–Kier alpha value is -1.91. The van der Waals surface area contributed by atoms with E-state index in [0.717, 1.165) is 21.5 Å². The van der Waals surface area contributed by atoms with Crippen LogP contribution >= 0.6 is 22.9 Å². The molecule has 0 unspecified atom stereocenters. The summed E-state index contributed by atoms with van der Waals surface area (Å²) in [5.74, 6) is -0.346. The first-order chi connectivity index (χ1) is 10.1. The number of ether oxygens (including phenoxy) is 1. The third-order valence-electron chi connectivity index (χ3n) is 3.04. The van der Waals surface area contributed by atoms with Crippen molar-refractivity contribution < 1.29 is 9.53 Å². The van der Waals surface area contributed by atoms with E-state index in [0.29, 0.717) is 9.90 Å². The molecule has 2 heterocycles. The maximum Gasteiger partial charge on any atom is 0.339 e. The van der Waals surface area contributed by atoms with Crippen molar-refractivity contribution in [3.8, 4) is 0 Å². The quantitative estimate of drug-likeness (QED) is 0.662. The summed E-state index contributed by atoms with van der Waals surface area (Å²) in [6.45, 7) is 2.09. The predicted molar refractivity (Wildman–Crippen MR) is 84.9 cm³/mol. The molecule has 0 spiro atoms. The Bertz CT molecular complexity index is 813. The molecule has 0 aliphatic carbocycles. The van der Waals surface area contributed by atoms with E-state index >= 15 is 0 Å². The van der Waals surface area contributed by atoms with E-state index in [1.165, 1.54) is 11.3 Å². The number of para-hydroxylation sites is 1. The second-order valence-electron chi connectivity index (χ2n) is 4.61. The molecular formula is C16H12ClNO2S. The SMILES string of the molecule is Cc1cc(C(=O)OCc2ccc(Cl)s2)c2ccccc2n1. The number of carbonyl (C=O) groups excluding carboxylic acids is 1. The molecule has 0 bridgehead atoms. The van der Waals surface area contributed by atoms with Crippen molar-refractivity contribution in [3.63, 3.8) is 0 Å². The number of aromatic nitrogens is 1. The first kappa shape index (κ1) is 14.0. The lowest BCUT2D eigenvalue weighted by Crippen LogP contribution is -2.06. The first-order valence-corrected chi connectivity index (χ1v) is 7.60. The van der Waals surface area contributed by atoms with E-state index in [1.54, 1.807) is 12.1 Å². The van der Waals surface area contributed by atoms with E-state index in [9.17, 15) is 4.79 Å². The van der Waals surface area contributed by atoms with Gasteiger partial charge in [-0.2, -0.15) is 0 Å². The molecule has 5 heteroatoms. The topological polar surface area (TPSA) is 39.2 Å². The summed E-state index contributed by atoms with van der Waals surface area (Å²) in [6, 6.07) is 13.0. The normalized spacial score (nSPS) is 10.8. The maximum atomic E-state index is 12.3. The number of nitrogens with zero attached hydrogens (tertiary/aromatic N) is 1. The van der Waals surface area contributed by atoms with Gasteiger partial charge in [-0.25, -0.2) is 4.79 Å². The van der Waals surface area contributed by atoms with Crippen molar-refractivity contribution in [2.45, 2.75) is 13.5 Å². The average molecular weight is 318 g/mol. The predicted octanol–water partition coefficient (Wildman–Crippen LogP) is 4.62. The van der Waals surface area contributed by atoms with Crippen LogP contribution < -0.4 is 0 Å². The van der Waals surface area contributed by atoms with Crippen molar-refractivity contribution in [2.24, 2.45) is 0 Å². The van der Waals surface area contributed by atoms with Gasteiger partial charge in [0.1, 0.15) is 6.61 Å². The molecule has 0 atom stereocenters. The van der Waals surface area contributed by atoms with Gasteiger partial charge in [0.15, 0.2) is 0 Å². The van der Waals surface area contributed by atoms with Crippen LogP contribution in [0.25, 0.3) is 10.9 Å². The second kappa shape index (κ2) is 5.84. The minimum Gasteiger partial charge on any atom is -0.456 e. The second-order valence-corrected chi connectivity index (χ2v) is 6.41. The molecule has 1 aromatic carbocycles. The van der Waals surface area contributed by atoms with E-state index in [4.69, 9.17) is 16.3 Å². The summed E-state index contributed by atoms with van der Waals surface area (Å²) >= 11 is 7.27. The zero-order valence-electron chi connectivity index (χ0n) is 11.3. The van der Waals surface area contributed by atoms with Gasteiger partial charge in [-0.05, 0) is 31.2 Å². The Morgan fingerprint density at radius 1 is 1.29 bits per heavy atom. The molecule has 3 nitrogen and oxygen atoms in total. The van der Waals surface area contributed by atoms with Crippen LogP contribution in [0.5, 0.6) is 0 Å². The zero-order chi connectivity index (χ0) is 14.8. The molecule has 3 aromatic rings. The highest BCUT2D eigenvalue weighted by Gasteiger charge is 2.13. The molecule has 0 saturated heterocycles. The fourth-order valence-corrected chi connectivity index (χ4v) is 3.12. The number of hydrogen-bond acceptors (Lipinski definition) is 4. The lowest BCUT2D eigenvalue weighted by molar-refractivity contribution is 0.0479. The van der Waals surface area contributed by atoms with Crippen molar-refractivity contribution in [1.29, 1.82) is 0 Å². The molecule has 0 radical (unpaired) electrons. The highest BCUT2D eigenvalue weighted by molar-refractivity contribution is 7.16. The van der Waals surface area contributed by atoms with Gasteiger partial charge in [0.2, 0.25) is 0 Å². The number of fused-ring (bicyclic) bond motifs is 1. The minimum atomic E-state index is -0.346. The van der Waals surface area contributed by atoms with Crippen molar-refractivity contribution >= 4 is 39.8 Å². The number of benzene rings is 1. The van der Waals surface area contributed by atoms with Gasteiger partial charge in [-0.1, -0.05) is 29.8 Å². The molecule has 0 saturated carbocycles. The Kier molecular flexibility index (Phi) is 3.90. The van der Waals surface area contributed by atoms with Gasteiger partial charge >= 0.3 is 5.97 Å². The standard InChI is InChI=1S/C16H12ClNO2S/c1-10-8-13(12-4-2-3-5-14(12)18-10)16(19)20-9-11-6-7-15(17)21-11/h2-8H,9H2,1H3. The van der Waals surface area contributed by atoms with Crippen LogP contribution in [0.15, 0.2) is 42.5 Å². The molecule has 2 aromatic heterocycles. The first-order valence-electron chi connectivity index (χ1n) is 6.41. The summed E-state index contributed by atoms with van der Waals surface area (Å²) in [5, 5.41) is 0.803. The van der Waals surface area contributed by atoms with Crippen molar-refractivity contribution in [1.82, 2.24) is 4.98 Å². The van der Waals surface area contributed by atoms with Gasteiger partial charge in [0.25, 0.3) is 0 Å². The lowest BCUT2D eigenvalue weighted by atomic mass is 10.1. The Morgan fingerprint density at radius 2 is 2.10 bits per heavy atom. The van der Waals surface area contributed by atoms with Crippen LogP contribution in [0.2, 0.25) is 4.34 Å². The summed E-state index contributed by atoms with van der Waals surface area (Å²) in [7, 11) is 0. The number of esters is 1. The molecule has 0 aliphatic heterocycles. The lowest BCUT2D eigenvalue weighted by Gasteiger charge is -2.07. The van der Waals surface area contributed by atoms with E-state index in [2.05, 4.69) is 4.98 Å². The average Bonchev–Trinajstić information content (AvgIpc) is 2.89. The van der Waals surface area contributed by atoms with Gasteiger partial charge < -0.3 is 4.74 Å². The largest absolute Gasteiger partial charge is 0.456 e. The molecule has 0 aliphatic rings. The van der Waals surface area contributed by atoms with Crippen LogP contribution in [-0.2, 0) is 11.3 Å². The van der Waals surface area contributed by atoms with Crippen molar-refractivity contribution in [3.05, 3.63) is 62.9 Å². The highest BCUT2D eigenvalue weighted by atomic mass is 35.5. The Morgan fingerprint density at radius 3 is 2.86 bits per heavy atom. The molecule has 21 heavy (non-hydrogen) atoms. The number of halogens is 1. The van der Waals surface area contributed by atoms with Crippen molar-refractivity contribution in [2.75, 3.05) is 0 Å². The summed E-state index contributed by atoms with van der Waals surface area (Å²) in [5.41, 5.74) is 2.13. The number of carbonyl (C=O) groups is 1. The number of rotatable bonds is 3. The van der Waals surface area contributed by atoms with E-state index < -0.39 is 0 Å². The number of pyridine rings is 1. The highest BCUT2D eigenvalue weighted by Crippen LogP contribution is 2.23. The van der Waals surface area contributed by atoms with Crippen LogP contribution in [0, 0.1) is 6.92 Å². The molecule has 0 fully saturated rings. The van der Waals surface area contributed by atoms with E-state index in [1.807, 2.05) is 37.3 Å². The van der Waals surface area contributed by atoms with Gasteiger partial charge in [0, 0.05) is 16.0 Å². The molecule has 3 rings (SSSR count).